The molecule has 1 rings (SSSR count). The number of aliphatic hydroxyl groups is 1. The van der Waals surface area contributed by atoms with Crippen molar-refractivity contribution in [1.29, 1.82) is 0 Å². The second-order valence-electron chi connectivity index (χ2n) is 7.19. The van der Waals surface area contributed by atoms with E-state index in [0.717, 1.165) is 11.6 Å². The molecule has 0 amide bonds. The Morgan fingerprint density at radius 1 is 1.21 bits per heavy atom. The van der Waals surface area contributed by atoms with E-state index in [1.165, 1.54) is 6.08 Å². The highest BCUT2D eigenvalue weighted by molar-refractivity contribution is 6.74. The molecule has 132 valence electrons. The summed E-state index contributed by atoms with van der Waals surface area (Å²) in [5.74, 6) is 0.671. The zero-order valence-corrected chi connectivity index (χ0v) is 15.9. The lowest BCUT2D eigenvalue weighted by molar-refractivity contribution is -0.0363. The monoisotopic (exact) mass is 352 g/mol. The molecule has 1 aromatic rings. The lowest BCUT2D eigenvalue weighted by Gasteiger charge is -2.35. The van der Waals surface area contributed by atoms with E-state index in [0.29, 0.717) is 0 Å². The van der Waals surface area contributed by atoms with Gasteiger partial charge in [0.2, 0.25) is 0 Å². The molecule has 1 N–H and O–H groups in total. The Morgan fingerprint density at radius 2 is 1.79 bits per heavy atom. The van der Waals surface area contributed by atoms with Gasteiger partial charge >= 0.3 is 5.92 Å². The van der Waals surface area contributed by atoms with Crippen molar-refractivity contribution in [3.05, 3.63) is 42.0 Å². The Kier molecular flexibility index (Phi) is 6.91. The van der Waals surface area contributed by atoms with Crippen molar-refractivity contribution in [1.82, 2.24) is 0 Å². The zero-order chi connectivity index (χ0) is 18.4. The summed E-state index contributed by atoms with van der Waals surface area (Å²) in [6.45, 7) is 10.2. The largest absolute Gasteiger partial charge is 0.406 e. The van der Waals surface area contributed by atoms with Crippen LogP contribution in [0.3, 0.4) is 0 Å². The summed E-state index contributed by atoms with van der Waals surface area (Å²) in [4.78, 5) is 0. The predicted octanol–water partition coefficient (Wildman–Crippen LogP) is 4.72. The molecule has 0 unspecified atom stereocenters. The molecule has 0 spiro atoms. The van der Waals surface area contributed by atoms with Gasteiger partial charge in [0.1, 0.15) is 6.10 Å². The molecular formula is C19H26F2O2Si. The molecule has 0 saturated heterocycles. The van der Waals surface area contributed by atoms with Crippen LogP contribution in [-0.4, -0.2) is 32.1 Å². The van der Waals surface area contributed by atoms with Gasteiger partial charge in [0, 0.05) is 0 Å². The van der Waals surface area contributed by atoms with E-state index >= 15 is 0 Å². The van der Waals surface area contributed by atoms with E-state index in [2.05, 4.69) is 26.7 Å². The molecule has 0 aliphatic heterocycles. The lowest BCUT2D eigenvalue weighted by Crippen LogP contribution is -2.40. The Hall–Kier alpha value is -1.48. The minimum atomic E-state index is -3.51. The van der Waals surface area contributed by atoms with Crippen molar-refractivity contribution in [2.45, 2.75) is 50.9 Å². The number of benzene rings is 1. The van der Waals surface area contributed by atoms with Crippen LogP contribution in [0.15, 0.2) is 36.4 Å². The summed E-state index contributed by atoms with van der Waals surface area (Å²) >= 11 is 0. The quantitative estimate of drug-likeness (QED) is 0.614. The summed E-state index contributed by atoms with van der Waals surface area (Å²) < 4.78 is 33.4. The predicted molar refractivity (Wildman–Crippen MR) is 97.4 cm³/mol. The molecule has 1 aromatic carbocycles. The molecule has 0 heterocycles. The normalized spacial score (nSPS) is 14.3. The third-order valence-corrected chi connectivity index (χ3v) is 8.69. The minimum absolute atomic E-state index is 0.00483. The van der Waals surface area contributed by atoms with E-state index in [1.807, 2.05) is 25.1 Å². The van der Waals surface area contributed by atoms with Gasteiger partial charge in [-0.3, -0.25) is 0 Å². The van der Waals surface area contributed by atoms with E-state index in [4.69, 9.17) is 4.43 Å². The van der Waals surface area contributed by atoms with Gasteiger partial charge in [-0.15, -0.1) is 0 Å². The molecule has 0 saturated carbocycles. The number of hydrogen-bond acceptors (Lipinski definition) is 2. The SMILES string of the molecule is CC(C)(C)[Si](C)(C)OCC#CC(F)(F)[C@@H](O)/C=C/c1ccccc1. The number of hydrogen-bond donors (Lipinski definition) is 1. The summed E-state index contributed by atoms with van der Waals surface area (Å²) in [7, 11) is -2.01. The van der Waals surface area contributed by atoms with Crippen LogP contribution in [0.4, 0.5) is 8.78 Å². The van der Waals surface area contributed by atoms with Gasteiger partial charge in [-0.05, 0) is 35.7 Å². The molecule has 0 aromatic heterocycles. The highest BCUT2D eigenvalue weighted by atomic mass is 28.4. The number of rotatable bonds is 5. The van der Waals surface area contributed by atoms with E-state index in [-0.39, 0.29) is 11.6 Å². The Balaban J connectivity index is 2.65. The van der Waals surface area contributed by atoms with Crippen molar-refractivity contribution >= 4 is 14.4 Å². The maximum Gasteiger partial charge on any atom is 0.337 e. The fourth-order valence-electron chi connectivity index (χ4n) is 1.55. The van der Waals surface area contributed by atoms with Gasteiger partial charge < -0.3 is 9.53 Å². The van der Waals surface area contributed by atoms with Crippen LogP contribution in [0.5, 0.6) is 0 Å². The van der Waals surface area contributed by atoms with E-state index < -0.39 is 20.3 Å². The maximum atomic E-state index is 13.9. The van der Waals surface area contributed by atoms with Gasteiger partial charge in [0.05, 0.1) is 6.61 Å². The van der Waals surface area contributed by atoms with E-state index in [9.17, 15) is 13.9 Å². The Labute approximate surface area is 144 Å². The van der Waals surface area contributed by atoms with Crippen LogP contribution >= 0.6 is 0 Å². The molecule has 1 atom stereocenters. The molecule has 0 radical (unpaired) electrons. The molecular weight excluding hydrogens is 326 g/mol. The third kappa shape index (κ3) is 6.20. The second-order valence-corrected chi connectivity index (χ2v) is 12.0. The maximum absolute atomic E-state index is 13.9. The van der Waals surface area contributed by atoms with Crippen molar-refractivity contribution in [2.24, 2.45) is 0 Å². The third-order valence-electron chi connectivity index (χ3n) is 4.21. The summed E-state index contributed by atoms with van der Waals surface area (Å²) in [6, 6.07) is 8.95. The van der Waals surface area contributed by atoms with Crippen LogP contribution in [0.1, 0.15) is 26.3 Å². The average Bonchev–Trinajstić information content (AvgIpc) is 2.49. The van der Waals surface area contributed by atoms with Crippen molar-refractivity contribution in [2.75, 3.05) is 6.61 Å². The summed E-state index contributed by atoms with van der Waals surface area (Å²) in [6.07, 6.45) is 0.545. The van der Waals surface area contributed by atoms with Gasteiger partial charge in [-0.1, -0.05) is 63.1 Å². The first-order valence-electron chi connectivity index (χ1n) is 7.89. The van der Waals surface area contributed by atoms with Crippen LogP contribution in [0.25, 0.3) is 6.08 Å². The van der Waals surface area contributed by atoms with Gasteiger partial charge in [0.15, 0.2) is 8.32 Å². The second kappa shape index (κ2) is 8.06. The van der Waals surface area contributed by atoms with Crippen LogP contribution in [-0.2, 0) is 4.43 Å². The molecule has 5 heteroatoms. The average molecular weight is 352 g/mol. The molecule has 24 heavy (non-hydrogen) atoms. The smallest absolute Gasteiger partial charge is 0.337 e. The van der Waals surface area contributed by atoms with Gasteiger partial charge in [-0.2, -0.15) is 8.78 Å². The molecule has 2 nitrogen and oxygen atoms in total. The molecule has 0 fully saturated rings. The van der Waals surface area contributed by atoms with Crippen LogP contribution in [0.2, 0.25) is 18.1 Å². The first-order chi connectivity index (χ1) is 11.0. The Bertz CT molecular complexity index is 608. The minimum Gasteiger partial charge on any atom is -0.406 e. The topological polar surface area (TPSA) is 29.5 Å². The lowest BCUT2D eigenvalue weighted by atomic mass is 10.1. The standard InChI is InChI=1S/C19H26F2O2Si/c1-18(2,3)24(4,5)23-15-9-14-19(20,21)17(22)13-12-16-10-7-6-8-11-16/h6-8,10-13,17,22H,15H2,1-5H3/b13-12+/t17-/m0/s1. The zero-order valence-electron chi connectivity index (χ0n) is 14.9. The molecule has 0 aliphatic carbocycles. The highest BCUT2D eigenvalue weighted by Crippen LogP contribution is 2.36. The fourth-order valence-corrected chi connectivity index (χ4v) is 2.41. The van der Waals surface area contributed by atoms with Crippen molar-refractivity contribution in [3.8, 4) is 11.8 Å². The van der Waals surface area contributed by atoms with E-state index in [1.54, 1.807) is 24.3 Å². The van der Waals surface area contributed by atoms with Crippen LogP contribution in [0, 0.1) is 11.8 Å². The first kappa shape index (κ1) is 20.6. The number of halogens is 2. The first-order valence-corrected chi connectivity index (χ1v) is 10.8. The highest BCUT2D eigenvalue weighted by Gasteiger charge is 2.37. The van der Waals surface area contributed by atoms with Gasteiger partial charge in [0.25, 0.3) is 0 Å². The number of aliphatic hydroxyl groups excluding tert-OH is 1. The summed E-state index contributed by atoms with van der Waals surface area (Å²) in [5.41, 5.74) is 0.738. The van der Waals surface area contributed by atoms with Gasteiger partial charge in [-0.25, -0.2) is 0 Å². The Morgan fingerprint density at radius 3 is 2.33 bits per heavy atom. The van der Waals surface area contributed by atoms with Crippen molar-refractivity contribution < 1.29 is 18.3 Å². The fraction of sp³-hybridized carbons (Fsp3) is 0.474. The molecule has 0 aliphatic rings. The van der Waals surface area contributed by atoms with Crippen LogP contribution < -0.4 is 0 Å². The molecule has 0 bridgehead atoms. The van der Waals surface area contributed by atoms with Crippen molar-refractivity contribution in [3.63, 3.8) is 0 Å². The number of alkyl halides is 2. The summed E-state index contributed by atoms with van der Waals surface area (Å²) in [5, 5.41) is 9.65.